The summed E-state index contributed by atoms with van der Waals surface area (Å²) in [5.74, 6) is 0. The van der Waals surface area contributed by atoms with Gasteiger partial charge < -0.3 is 5.11 Å². The molecular formula is C15H22BrClN2O. The normalized spacial score (nSPS) is 18.4. The summed E-state index contributed by atoms with van der Waals surface area (Å²) < 4.78 is 1.02. The monoisotopic (exact) mass is 360 g/mol. The van der Waals surface area contributed by atoms with Crippen LogP contribution in [0.2, 0.25) is 5.02 Å². The molecule has 1 heterocycles. The second-order valence-corrected chi connectivity index (χ2v) is 7.42. The van der Waals surface area contributed by atoms with Crippen molar-refractivity contribution >= 4 is 27.5 Å². The van der Waals surface area contributed by atoms with Crippen LogP contribution >= 0.6 is 27.5 Å². The van der Waals surface area contributed by atoms with Crippen molar-refractivity contribution in [1.29, 1.82) is 0 Å². The molecule has 0 amide bonds. The van der Waals surface area contributed by atoms with E-state index in [-0.39, 0.29) is 0 Å². The van der Waals surface area contributed by atoms with E-state index in [2.05, 4.69) is 31.8 Å². The number of hydrogen-bond acceptors (Lipinski definition) is 3. The maximum atomic E-state index is 9.86. The van der Waals surface area contributed by atoms with Gasteiger partial charge in [-0.2, -0.15) is 0 Å². The van der Waals surface area contributed by atoms with Gasteiger partial charge in [0, 0.05) is 48.8 Å². The molecule has 2 rings (SSSR count). The summed E-state index contributed by atoms with van der Waals surface area (Å²) in [6, 6.07) is 6.06. The molecule has 0 bridgehead atoms. The Labute approximate surface area is 134 Å². The Kier molecular flexibility index (Phi) is 5.49. The Balaban J connectivity index is 1.85. The van der Waals surface area contributed by atoms with Crippen LogP contribution in [0.15, 0.2) is 22.7 Å². The fourth-order valence-electron chi connectivity index (χ4n) is 2.54. The number of benzene rings is 1. The Morgan fingerprint density at radius 1 is 1.20 bits per heavy atom. The molecule has 0 aromatic heterocycles. The van der Waals surface area contributed by atoms with Crippen LogP contribution in [-0.2, 0) is 6.54 Å². The number of nitrogens with zero attached hydrogens (tertiary/aromatic N) is 2. The highest BCUT2D eigenvalue weighted by Crippen LogP contribution is 2.23. The second kappa shape index (κ2) is 6.75. The third-order valence-electron chi connectivity index (χ3n) is 3.48. The van der Waals surface area contributed by atoms with Crippen LogP contribution in [0.25, 0.3) is 0 Å². The van der Waals surface area contributed by atoms with Crippen molar-refractivity contribution in [3.63, 3.8) is 0 Å². The van der Waals surface area contributed by atoms with Crippen LogP contribution in [0, 0.1) is 0 Å². The fourth-order valence-corrected chi connectivity index (χ4v) is 3.28. The fraction of sp³-hybridized carbons (Fsp3) is 0.600. The van der Waals surface area contributed by atoms with Crippen molar-refractivity contribution in [2.24, 2.45) is 0 Å². The first-order valence-corrected chi connectivity index (χ1v) is 8.12. The van der Waals surface area contributed by atoms with Crippen LogP contribution in [0.5, 0.6) is 0 Å². The van der Waals surface area contributed by atoms with E-state index in [1.54, 1.807) is 0 Å². The lowest BCUT2D eigenvalue weighted by molar-refractivity contribution is 0.0167. The maximum Gasteiger partial charge on any atom is 0.0718 e. The molecular weight excluding hydrogens is 340 g/mol. The largest absolute Gasteiger partial charge is 0.389 e. The molecule has 1 aromatic carbocycles. The predicted octanol–water partition coefficient (Wildman–Crippen LogP) is 2.99. The van der Waals surface area contributed by atoms with Crippen LogP contribution < -0.4 is 0 Å². The zero-order chi connectivity index (χ0) is 14.8. The predicted molar refractivity (Wildman–Crippen MR) is 87.2 cm³/mol. The molecule has 3 nitrogen and oxygen atoms in total. The van der Waals surface area contributed by atoms with Crippen molar-refractivity contribution in [1.82, 2.24) is 9.80 Å². The molecule has 0 radical (unpaired) electrons. The molecule has 5 heteroatoms. The third-order valence-corrected chi connectivity index (χ3v) is 4.33. The average molecular weight is 362 g/mol. The lowest BCUT2D eigenvalue weighted by Gasteiger charge is -2.37. The first kappa shape index (κ1) is 16.2. The molecule has 1 saturated heterocycles. The summed E-state index contributed by atoms with van der Waals surface area (Å²) in [4.78, 5) is 4.73. The zero-order valence-corrected chi connectivity index (χ0v) is 14.4. The van der Waals surface area contributed by atoms with Crippen LogP contribution in [0.3, 0.4) is 0 Å². The standard InChI is InChI=1S/C15H22BrClN2O/c1-15(2,20)11-19-7-5-18(6-8-19)10-12-3-4-13(16)9-14(12)17/h3-4,9,20H,5-8,10-11H2,1-2H3. The minimum absolute atomic E-state index is 0.614. The van der Waals surface area contributed by atoms with Gasteiger partial charge in [-0.05, 0) is 31.5 Å². The Hall–Kier alpha value is -0.130. The quantitative estimate of drug-likeness (QED) is 0.893. The molecule has 1 aliphatic heterocycles. The van der Waals surface area contributed by atoms with Crippen molar-refractivity contribution in [2.75, 3.05) is 32.7 Å². The molecule has 0 unspecified atom stereocenters. The molecule has 0 atom stereocenters. The molecule has 112 valence electrons. The van der Waals surface area contributed by atoms with E-state index in [9.17, 15) is 5.11 Å². The lowest BCUT2D eigenvalue weighted by Crippen LogP contribution is -2.50. The molecule has 1 fully saturated rings. The van der Waals surface area contributed by atoms with Gasteiger partial charge in [0.2, 0.25) is 0 Å². The highest BCUT2D eigenvalue weighted by Gasteiger charge is 2.22. The Morgan fingerprint density at radius 3 is 2.35 bits per heavy atom. The van der Waals surface area contributed by atoms with E-state index in [0.29, 0.717) is 0 Å². The van der Waals surface area contributed by atoms with Gasteiger partial charge in [-0.1, -0.05) is 33.6 Å². The second-order valence-electron chi connectivity index (χ2n) is 6.10. The molecule has 1 aliphatic rings. The number of piperazine rings is 1. The minimum Gasteiger partial charge on any atom is -0.389 e. The van der Waals surface area contributed by atoms with Gasteiger partial charge >= 0.3 is 0 Å². The van der Waals surface area contributed by atoms with Crippen LogP contribution in [0.1, 0.15) is 19.4 Å². The van der Waals surface area contributed by atoms with Gasteiger partial charge in [0.05, 0.1) is 5.60 Å². The van der Waals surface area contributed by atoms with E-state index in [1.807, 2.05) is 26.0 Å². The summed E-state index contributed by atoms with van der Waals surface area (Å²) in [6.45, 7) is 9.38. The molecule has 1 aromatic rings. The summed E-state index contributed by atoms with van der Waals surface area (Å²) in [6.07, 6.45) is 0. The van der Waals surface area contributed by atoms with Crippen molar-refractivity contribution in [3.8, 4) is 0 Å². The van der Waals surface area contributed by atoms with Crippen molar-refractivity contribution < 1.29 is 5.11 Å². The van der Waals surface area contributed by atoms with Gasteiger partial charge in [0.15, 0.2) is 0 Å². The minimum atomic E-state index is -0.614. The van der Waals surface area contributed by atoms with Gasteiger partial charge in [0.25, 0.3) is 0 Å². The number of aliphatic hydroxyl groups is 1. The molecule has 1 N–H and O–H groups in total. The Bertz CT molecular complexity index is 454. The smallest absolute Gasteiger partial charge is 0.0718 e. The van der Waals surface area contributed by atoms with Crippen LogP contribution in [0.4, 0.5) is 0 Å². The van der Waals surface area contributed by atoms with Gasteiger partial charge in [-0.15, -0.1) is 0 Å². The summed E-state index contributed by atoms with van der Waals surface area (Å²) in [5.41, 5.74) is 0.558. The maximum absolute atomic E-state index is 9.86. The summed E-state index contributed by atoms with van der Waals surface area (Å²) in [7, 11) is 0. The number of β-amino-alcohol motifs (C(OH)–C–C–N with tert-alkyl or cyclic N) is 1. The number of rotatable bonds is 4. The summed E-state index contributed by atoms with van der Waals surface area (Å²) >= 11 is 9.69. The van der Waals surface area contributed by atoms with E-state index < -0.39 is 5.60 Å². The first-order valence-electron chi connectivity index (χ1n) is 6.94. The Morgan fingerprint density at radius 2 is 1.80 bits per heavy atom. The van der Waals surface area contributed by atoms with Crippen molar-refractivity contribution in [2.45, 2.75) is 26.0 Å². The molecule has 0 spiro atoms. The average Bonchev–Trinajstić information content (AvgIpc) is 2.33. The van der Waals surface area contributed by atoms with Gasteiger partial charge in [0.1, 0.15) is 0 Å². The highest BCUT2D eigenvalue weighted by atomic mass is 79.9. The van der Waals surface area contributed by atoms with E-state index in [1.165, 1.54) is 5.56 Å². The third kappa shape index (κ3) is 5.01. The lowest BCUT2D eigenvalue weighted by atomic mass is 10.1. The van der Waals surface area contributed by atoms with E-state index in [0.717, 1.165) is 48.8 Å². The SMILES string of the molecule is CC(C)(O)CN1CCN(Cc2ccc(Br)cc2Cl)CC1. The van der Waals surface area contributed by atoms with Gasteiger partial charge in [-0.25, -0.2) is 0 Å². The number of hydrogen-bond donors (Lipinski definition) is 1. The van der Waals surface area contributed by atoms with Crippen molar-refractivity contribution in [3.05, 3.63) is 33.3 Å². The molecule has 0 aliphatic carbocycles. The molecule has 0 saturated carbocycles. The highest BCUT2D eigenvalue weighted by molar-refractivity contribution is 9.10. The van der Waals surface area contributed by atoms with Gasteiger partial charge in [-0.3, -0.25) is 9.80 Å². The summed E-state index contributed by atoms with van der Waals surface area (Å²) in [5, 5.41) is 10.7. The first-order chi connectivity index (χ1) is 9.33. The van der Waals surface area contributed by atoms with E-state index >= 15 is 0 Å². The number of halogens is 2. The zero-order valence-electron chi connectivity index (χ0n) is 12.1. The topological polar surface area (TPSA) is 26.7 Å². The van der Waals surface area contributed by atoms with Crippen LogP contribution in [-0.4, -0.2) is 53.2 Å². The molecule has 20 heavy (non-hydrogen) atoms. The van der Waals surface area contributed by atoms with E-state index in [4.69, 9.17) is 11.6 Å².